The lowest BCUT2D eigenvalue weighted by Gasteiger charge is -2.32. The largest absolute Gasteiger partial charge is 0.444 e. The van der Waals surface area contributed by atoms with E-state index in [4.69, 9.17) is 4.74 Å². The summed E-state index contributed by atoms with van der Waals surface area (Å²) in [6.07, 6.45) is 0.155. The van der Waals surface area contributed by atoms with E-state index in [1.165, 1.54) is 4.90 Å². The van der Waals surface area contributed by atoms with Gasteiger partial charge in [0.1, 0.15) is 5.60 Å². The van der Waals surface area contributed by atoms with E-state index in [1.54, 1.807) is 27.7 Å². The third-order valence-electron chi connectivity index (χ3n) is 2.83. The molecule has 2 unspecified atom stereocenters. The van der Waals surface area contributed by atoms with E-state index >= 15 is 0 Å². The molecule has 5 nitrogen and oxygen atoms in total. The molecule has 0 aromatic carbocycles. The number of nitrogens with zero attached hydrogens (tertiary/aromatic N) is 1. The van der Waals surface area contributed by atoms with E-state index in [0.717, 1.165) is 0 Å². The highest BCUT2D eigenvalue weighted by atomic mass is 16.6. The number of aliphatic hydroxyl groups excluding tert-OH is 1. The molecule has 0 aromatic heterocycles. The molecule has 0 saturated carbocycles. The van der Waals surface area contributed by atoms with Crippen molar-refractivity contribution in [2.24, 2.45) is 5.92 Å². The van der Waals surface area contributed by atoms with Gasteiger partial charge in [0.05, 0.1) is 12.6 Å². The summed E-state index contributed by atoms with van der Waals surface area (Å²) in [6.45, 7) is 7.67. The van der Waals surface area contributed by atoms with Crippen molar-refractivity contribution in [3.05, 3.63) is 0 Å². The van der Waals surface area contributed by atoms with Gasteiger partial charge in [0, 0.05) is 12.5 Å². The molecule has 1 saturated heterocycles. The van der Waals surface area contributed by atoms with E-state index in [-0.39, 0.29) is 18.2 Å². The van der Waals surface area contributed by atoms with Gasteiger partial charge in [-0.05, 0) is 40.5 Å². The lowest BCUT2D eigenvalue weighted by molar-refractivity contribution is -0.127. The molecule has 0 radical (unpaired) electrons. The Balaban J connectivity index is 2.50. The van der Waals surface area contributed by atoms with Crippen LogP contribution in [-0.4, -0.2) is 46.7 Å². The van der Waals surface area contributed by atoms with E-state index in [0.29, 0.717) is 19.4 Å². The van der Waals surface area contributed by atoms with Gasteiger partial charge in [0.15, 0.2) is 5.78 Å². The molecule has 104 valence electrons. The van der Waals surface area contributed by atoms with Crippen LogP contribution in [0.3, 0.4) is 0 Å². The number of ether oxygens (including phenoxy) is 1. The van der Waals surface area contributed by atoms with E-state index in [1.807, 2.05) is 0 Å². The molecular formula is C13H23NO4. The summed E-state index contributed by atoms with van der Waals surface area (Å²) in [5, 5.41) is 9.29. The van der Waals surface area contributed by atoms with Gasteiger partial charge in [-0.1, -0.05) is 0 Å². The molecule has 0 spiro atoms. The summed E-state index contributed by atoms with van der Waals surface area (Å²) < 4.78 is 5.23. The van der Waals surface area contributed by atoms with Crippen LogP contribution in [-0.2, 0) is 9.53 Å². The Morgan fingerprint density at radius 3 is 2.61 bits per heavy atom. The third-order valence-corrected chi connectivity index (χ3v) is 2.83. The maximum atomic E-state index is 11.8. The molecule has 0 bridgehead atoms. The molecule has 0 aromatic rings. The SMILES string of the molecule is CC(O)CC1CCN(C(=O)OC(C)(C)C)CC1=O. The maximum absolute atomic E-state index is 11.8. The Hall–Kier alpha value is -1.10. The summed E-state index contributed by atoms with van der Waals surface area (Å²) in [5.74, 6) is -0.128. The fraction of sp³-hybridized carbons (Fsp3) is 0.846. The normalized spacial score (nSPS) is 22.8. The summed E-state index contributed by atoms with van der Waals surface area (Å²) in [5.41, 5.74) is -0.545. The highest BCUT2D eigenvalue weighted by molar-refractivity contribution is 5.87. The number of likely N-dealkylation sites (tertiary alicyclic amines) is 1. The summed E-state index contributed by atoms with van der Waals surface area (Å²) in [6, 6.07) is 0. The topological polar surface area (TPSA) is 66.8 Å². The third kappa shape index (κ3) is 4.64. The van der Waals surface area contributed by atoms with Crippen molar-refractivity contribution < 1.29 is 19.4 Å². The molecule has 1 aliphatic rings. The minimum atomic E-state index is -0.545. The van der Waals surface area contributed by atoms with Crippen LogP contribution in [0.15, 0.2) is 0 Å². The Bertz CT molecular complexity index is 319. The molecule has 2 atom stereocenters. The van der Waals surface area contributed by atoms with Crippen LogP contribution in [0.25, 0.3) is 0 Å². The highest BCUT2D eigenvalue weighted by Crippen LogP contribution is 2.20. The molecule has 1 aliphatic heterocycles. The minimum absolute atomic E-state index is 0.00742. The van der Waals surface area contributed by atoms with Gasteiger partial charge in [-0.2, -0.15) is 0 Å². The predicted molar refractivity (Wildman–Crippen MR) is 67.2 cm³/mol. The van der Waals surface area contributed by atoms with Crippen LogP contribution < -0.4 is 0 Å². The average molecular weight is 257 g/mol. The van der Waals surface area contributed by atoms with Gasteiger partial charge in [0.2, 0.25) is 0 Å². The molecule has 0 aliphatic carbocycles. The van der Waals surface area contributed by atoms with Gasteiger partial charge in [-0.25, -0.2) is 4.79 Å². The number of Topliss-reactive ketones (excluding diaryl/α,β-unsaturated/α-hetero) is 1. The van der Waals surface area contributed by atoms with Gasteiger partial charge in [-0.15, -0.1) is 0 Å². The molecule has 1 N–H and O–H groups in total. The lowest BCUT2D eigenvalue weighted by Crippen LogP contribution is -2.46. The highest BCUT2D eigenvalue weighted by Gasteiger charge is 2.32. The molecule has 18 heavy (non-hydrogen) atoms. The Labute approximate surface area is 108 Å². The quantitative estimate of drug-likeness (QED) is 0.815. The molecule has 1 heterocycles. The lowest BCUT2D eigenvalue weighted by atomic mass is 9.90. The van der Waals surface area contributed by atoms with Crippen LogP contribution >= 0.6 is 0 Å². The smallest absolute Gasteiger partial charge is 0.410 e. The number of ketones is 1. The van der Waals surface area contributed by atoms with E-state index in [9.17, 15) is 14.7 Å². The fourth-order valence-electron chi connectivity index (χ4n) is 2.01. The van der Waals surface area contributed by atoms with Crippen molar-refractivity contribution in [1.29, 1.82) is 0 Å². The van der Waals surface area contributed by atoms with E-state index < -0.39 is 17.8 Å². The van der Waals surface area contributed by atoms with Crippen molar-refractivity contribution >= 4 is 11.9 Å². The van der Waals surface area contributed by atoms with Crippen LogP contribution in [0, 0.1) is 5.92 Å². The van der Waals surface area contributed by atoms with Crippen LogP contribution in [0.4, 0.5) is 4.79 Å². The average Bonchev–Trinajstić information content (AvgIpc) is 2.17. The minimum Gasteiger partial charge on any atom is -0.444 e. The Morgan fingerprint density at radius 1 is 1.56 bits per heavy atom. The molecule has 1 rings (SSSR count). The van der Waals surface area contributed by atoms with E-state index in [2.05, 4.69) is 0 Å². The summed E-state index contributed by atoms with van der Waals surface area (Å²) >= 11 is 0. The van der Waals surface area contributed by atoms with Crippen LogP contribution in [0.5, 0.6) is 0 Å². The second-order valence-electron chi connectivity index (χ2n) is 5.94. The molecule has 5 heteroatoms. The number of amides is 1. The van der Waals surface area contributed by atoms with Gasteiger partial charge in [0.25, 0.3) is 0 Å². The van der Waals surface area contributed by atoms with Crippen molar-refractivity contribution in [2.45, 2.75) is 52.2 Å². The van der Waals surface area contributed by atoms with Crippen molar-refractivity contribution in [3.63, 3.8) is 0 Å². The predicted octanol–water partition coefficient (Wildman–Crippen LogP) is 1.58. The molecule has 1 fully saturated rings. The number of carbonyl (C=O) groups excluding carboxylic acids is 2. The van der Waals surface area contributed by atoms with Crippen molar-refractivity contribution in [3.8, 4) is 0 Å². The standard InChI is InChI=1S/C13H23NO4/c1-9(15)7-10-5-6-14(8-11(10)16)12(17)18-13(2,3)4/h9-10,15H,5-8H2,1-4H3. The summed E-state index contributed by atoms with van der Waals surface area (Å²) in [7, 11) is 0. The number of carbonyl (C=O) groups is 2. The second-order valence-corrected chi connectivity index (χ2v) is 5.94. The number of aliphatic hydroxyl groups is 1. The molecular weight excluding hydrogens is 234 g/mol. The monoisotopic (exact) mass is 257 g/mol. The number of piperidine rings is 1. The van der Waals surface area contributed by atoms with Crippen molar-refractivity contribution in [2.75, 3.05) is 13.1 Å². The first-order chi connectivity index (χ1) is 8.19. The summed E-state index contributed by atoms with van der Waals surface area (Å²) in [4.78, 5) is 25.1. The zero-order valence-corrected chi connectivity index (χ0v) is 11.6. The number of hydrogen-bond donors (Lipinski definition) is 1. The zero-order chi connectivity index (χ0) is 13.9. The second kappa shape index (κ2) is 5.69. The van der Waals surface area contributed by atoms with Crippen LogP contribution in [0.2, 0.25) is 0 Å². The Kier molecular flexibility index (Phi) is 4.73. The first kappa shape index (κ1) is 15.0. The number of rotatable bonds is 2. The maximum Gasteiger partial charge on any atom is 0.410 e. The molecule has 1 amide bonds. The van der Waals surface area contributed by atoms with Gasteiger partial charge in [-0.3, -0.25) is 4.79 Å². The van der Waals surface area contributed by atoms with Crippen LogP contribution in [0.1, 0.15) is 40.5 Å². The first-order valence-electron chi connectivity index (χ1n) is 6.38. The van der Waals surface area contributed by atoms with Gasteiger partial charge >= 0.3 is 6.09 Å². The first-order valence-corrected chi connectivity index (χ1v) is 6.38. The zero-order valence-electron chi connectivity index (χ0n) is 11.6. The fourth-order valence-corrected chi connectivity index (χ4v) is 2.01. The van der Waals surface area contributed by atoms with Crippen molar-refractivity contribution in [1.82, 2.24) is 4.90 Å². The Morgan fingerprint density at radius 2 is 2.17 bits per heavy atom. The number of hydrogen-bond acceptors (Lipinski definition) is 4. The van der Waals surface area contributed by atoms with Gasteiger partial charge < -0.3 is 14.7 Å².